The number of hydrogen-bond acceptors (Lipinski definition) is 4. The molecule has 0 atom stereocenters. The van der Waals surface area contributed by atoms with Crippen LogP contribution in [0.5, 0.6) is 0 Å². The predicted octanol–water partition coefficient (Wildman–Crippen LogP) is 2.12. The van der Waals surface area contributed by atoms with Gasteiger partial charge in [-0.2, -0.15) is 4.31 Å². The number of para-hydroxylation sites is 1. The maximum absolute atomic E-state index is 12.6. The molecule has 0 bridgehead atoms. The zero-order valence-electron chi connectivity index (χ0n) is 15.2. The number of carbonyl (C=O) groups excluding carboxylic acids is 1. The molecule has 1 fully saturated rings. The second-order valence-electron chi connectivity index (χ2n) is 6.58. The average molecular weight is 399 g/mol. The van der Waals surface area contributed by atoms with Crippen molar-refractivity contribution in [2.75, 3.05) is 26.3 Å². The first kappa shape index (κ1) is 18.7. The van der Waals surface area contributed by atoms with Crippen molar-refractivity contribution < 1.29 is 17.9 Å². The van der Waals surface area contributed by atoms with Gasteiger partial charge in [0, 0.05) is 42.3 Å². The maximum atomic E-state index is 12.6. The van der Waals surface area contributed by atoms with E-state index in [0.29, 0.717) is 38.4 Å². The molecule has 1 aliphatic heterocycles. The summed E-state index contributed by atoms with van der Waals surface area (Å²) in [6.07, 6.45) is 1.88. The Balaban J connectivity index is 1.44. The van der Waals surface area contributed by atoms with Crippen molar-refractivity contribution in [2.45, 2.75) is 11.4 Å². The summed E-state index contributed by atoms with van der Waals surface area (Å²) in [5.41, 5.74) is 2.43. The number of fused-ring (bicyclic) bond motifs is 1. The molecule has 0 radical (unpaired) electrons. The second-order valence-corrected chi connectivity index (χ2v) is 8.52. The molecule has 146 valence electrons. The van der Waals surface area contributed by atoms with Gasteiger partial charge in [-0.15, -0.1) is 0 Å². The molecule has 1 aliphatic rings. The summed E-state index contributed by atoms with van der Waals surface area (Å²) >= 11 is 0. The fourth-order valence-electron chi connectivity index (χ4n) is 3.27. The van der Waals surface area contributed by atoms with E-state index in [4.69, 9.17) is 4.74 Å². The number of ether oxygens (including phenoxy) is 1. The van der Waals surface area contributed by atoms with Gasteiger partial charge in [0.1, 0.15) is 0 Å². The molecule has 1 aromatic heterocycles. The van der Waals surface area contributed by atoms with Crippen LogP contribution in [0.2, 0.25) is 0 Å². The number of benzene rings is 2. The van der Waals surface area contributed by atoms with E-state index in [1.807, 2.05) is 30.5 Å². The topological polar surface area (TPSA) is 91.5 Å². The highest BCUT2D eigenvalue weighted by Crippen LogP contribution is 2.19. The maximum Gasteiger partial charge on any atom is 0.251 e. The van der Waals surface area contributed by atoms with Crippen LogP contribution in [0.1, 0.15) is 15.9 Å². The Morgan fingerprint density at radius 3 is 2.54 bits per heavy atom. The van der Waals surface area contributed by atoms with Crippen molar-refractivity contribution >= 4 is 26.8 Å². The van der Waals surface area contributed by atoms with E-state index in [1.54, 1.807) is 0 Å². The molecule has 0 spiro atoms. The Labute approximate surface area is 163 Å². The molecule has 28 heavy (non-hydrogen) atoms. The molecule has 8 heteroatoms. The lowest BCUT2D eigenvalue weighted by atomic mass is 10.1. The Morgan fingerprint density at radius 2 is 1.79 bits per heavy atom. The second kappa shape index (κ2) is 7.75. The average Bonchev–Trinajstić information content (AvgIpc) is 3.16. The monoisotopic (exact) mass is 399 g/mol. The van der Waals surface area contributed by atoms with Gasteiger partial charge >= 0.3 is 0 Å². The summed E-state index contributed by atoms with van der Waals surface area (Å²) in [5.74, 6) is -0.249. The molecule has 1 amide bonds. The fourth-order valence-corrected chi connectivity index (χ4v) is 4.68. The zero-order valence-corrected chi connectivity index (χ0v) is 16.0. The van der Waals surface area contributed by atoms with E-state index >= 15 is 0 Å². The third kappa shape index (κ3) is 3.66. The Hall–Kier alpha value is -2.68. The van der Waals surface area contributed by atoms with Crippen molar-refractivity contribution in [1.29, 1.82) is 0 Å². The van der Waals surface area contributed by atoms with Crippen LogP contribution in [0, 0.1) is 0 Å². The number of rotatable bonds is 5. The smallest absolute Gasteiger partial charge is 0.251 e. The summed E-state index contributed by atoms with van der Waals surface area (Å²) in [7, 11) is -3.56. The number of hydrogen-bond donors (Lipinski definition) is 2. The molecule has 7 nitrogen and oxygen atoms in total. The number of aromatic amines is 1. The van der Waals surface area contributed by atoms with E-state index in [9.17, 15) is 13.2 Å². The van der Waals surface area contributed by atoms with Gasteiger partial charge in [-0.05, 0) is 35.9 Å². The van der Waals surface area contributed by atoms with Crippen LogP contribution in [0.25, 0.3) is 10.9 Å². The minimum absolute atomic E-state index is 0.183. The van der Waals surface area contributed by atoms with E-state index in [1.165, 1.54) is 28.6 Å². The zero-order chi connectivity index (χ0) is 19.6. The number of nitrogens with one attached hydrogen (secondary N) is 2. The van der Waals surface area contributed by atoms with Crippen molar-refractivity contribution in [1.82, 2.24) is 14.6 Å². The third-order valence-corrected chi connectivity index (χ3v) is 6.75. The largest absolute Gasteiger partial charge is 0.379 e. The molecule has 0 unspecified atom stereocenters. The SMILES string of the molecule is O=C(NCc1c[nH]c2ccccc12)c1ccc(S(=O)(=O)N2CCOCC2)cc1. The summed E-state index contributed by atoms with van der Waals surface area (Å²) in [4.78, 5) is 15.8. The number of carbonyl (C=O) groups is 1. The first-order chi connectivity index (χ1) is 13.6. The van der Waals surface area contributed by atoms with Crippen molar-refractivity contribution in [2.24, 2.45) is 0 Å². The van der Waals surface area contributed by atoms with E-state index < -0.39 is 10.0 Å². The molecule has 3 aromatic rings. The minimum Gasteiger partial charge on any atom is -0.379 e. The molecule has 1 saturated heterocycles. The van der Waals surface area contributed by atoms with Gasteiger partial charge in [0.2, 0.25) is 10.0 Å². The van der Waals surface area contributed by atoms with Gasteiger partial charge in [-0.3, -0.25) is 4.79 Å². The number of sulfonamides is 1. The van der Waals surface area contributed by atoms with Crippen LogP contribution in [0.15, 0.2) is 59.6 Å². The number of aromatic nitrogens is 1. The lowest BCUT2D eigenvalue weighted by Crippen LogP contribution is -2.40. The van der Waals surface area contributed by atoms with Gasteiger partial charge in [0.25, 0.3) is 5.91 Å². The number of H-pyrrole nitrogens is 1. The molecular formula is C20H21N3O4S. The van der Waals surface area contributed by atoms with Crippen LogP contribution >= 0.6 is 0 Å². The molecule has 2 N–H and O–H groups in total. The van der Waals surface area contributed by atoms with Crippen molar-refractivity contribution in [3.63, 3.8) is 0 Å². The highest BCUT2D eigenvalue weighted by molar-refractivity contribution is 7.89. The molecule has 0 aliphatic carbocycles. The fraction of sp³-hybridized carbons (Fsp3) is 0.250. The highest BCUT2D eigenvalue weighted by Gasteiger charge is 2.26. The summed E-state index contributed by atoms with van der Waals surface area (Å²) in [5, 5.41) is 3.94. The summed E-state index contributed by atoms with van der Waals surface area (Å²) in [6.45, 7) is 1.86. The third-order valence-electron chi connectivity index (χ3n) is 4.84. The molecule has 0 saturated carbocycles. The van der Waals surface area contributed by atoms with Gasteiger partial charge in [0.05, 0.1) is 18.1 Å². The summed E-state index contributed by atoms with van der Waals surface area (Å²) < 4.78 is 31.9. The van der Waals surface area contributed by atoms with E-state index in [0.717, 1.165) is 16.5 Å². The quantitative estimate of drug-likeness (QED) is 0.688. The normalized spacial score (nSPS) is 15.6. The van der Waals surface area contributed by atoms with Crippen LogP contribution < -0.4 is 5.32 Å². The van der Waals surface area contributed by atoms with Crippen molar-refractivity contribution in [3.8, 4) is 0 Å². The van der Waals surface area contributed by atoms with Gasteiger partial charge in [-0.1, -0.05) is 18.2 Å². The molecule has 2 aromatic carbocycles. The highest BCUT2D eigenvalue weighted by atomic mass is 32.2. The lowest BCUT2D eigenvalue weighted by molar-refractivity contribution is 0.0730. The number of amides is 1. The van der Waals surface area contributed by atoms with Crippen molar-refractivity contribution in [3.05, 3.63) is 65.9 Å². The summed E-state index contributed by atoms with van der Waals surface area (Å²) in [6, 6.07) is 13.9. The van der Waals surface area contributed by atoms with Crippen LogP contribution in [-0.4, -0.2) is 49.9 Å². The van der Waals surface area contributed by atoms with E-state index in [2.05, 4.69) is 10.3 Å². The van der Waals surface area contributed by atoms with Gasteiger partial charge < -0.3 is 15.0 Å². The lowest BCUT2D eigenvalue weighted by Gasteiger charge is -2.26. The van der Waals surface area contributed by atoms with E-state index in [-0.39, 0.29) is 10.8 Å². The van der Waals surface area contributed by atoms with Crippen LogP contribution in [0.4, 0.5) is 0 Å². The minimum atomic E-state index is -3.56. The Kier molecular flexibility index (Phi) is 5.17. The van der Waals surface area contributed by atoms with Crippen LogP contribution in [0.3, 0.4) is 0 Å². The molecule has 4 rings (SSSR count). The predicted molar refractivity (Wildman–Crippen MR) is 105 cm³/mol. The Morgan fingerprint density at radius 1 is 1.07 bits per heavy atom. The number of morpholine rings is 1. The first-order valence-corrected chi connectivity index (χ1v) is 10.5. The molecular weight excluding hydrogens is 378 g/mol. The van der Waals surface area contributed by atoms with Crippen LogP contribution in [-0.2, 0) is 21.3 Å². The van der Waals surface area contributed by atoms with Gasteiger partial charge in [0.15, 0.2) is 0 Å². The first-order valence-electron chi connectivity index (χ1n) is 9.07. The van der Waals surface area contributed by atoms with Gasteiger partial charge in [-0.25, -0.2) is 8.42 Å². The number of nitrogens with zero attached hydrogens (tertiary/aromatic N) is 1. The standard InChI is InChI=1S/C20H21N3O4S/c24-20(22-14-16-13-21-19-4-2-1-3-18(16)19)15-5-7-17(8-6-15)28(25,26)23-9-11-27-12-10-23/h1-8,13,21H,9-12,14H2,(H,22,24). The molecule has 2 heterocycles. The Bertz CT molecular complexity index is 1080.